The Hall–Kier alpha value is -2.21. The summed E-state index contributed by atoms with van der Waals surface area (Å²) >= 11 is 0. The summed E-state index contributed by atoms with van der Waals surface area (Å²) in [5.41, 5.74) is 1.44. The van der Waals surface area contributed by atoms with Gasteiger partial charge < -0.3 is 9.84 Å². The highest BCUT2D eigenvalue weighted by atomic mass is 16.6. The number of non-ortho nitro benzene ring substituents is 1. The van der Waals surface area contributed by atoms with Crippen molar-refractivity contribution in [3.8, 4) is 11.3 Å². The van der Waals surface area contributed by atoms with Crippen molar-refractivity contribution < 1.29 is 9.45 Å². The van der Waals surface area contributed by atoms with Gasteiger partial charge in [-0.05, 0) is 7.05 Å². The molecule has 2 rings (SSSR count). The fourth-order valence-electron chi connectivity index (χ4n) is 1.49. The van der Waals surface area contributed by atoms with E-state index in [2.05, 4.69) is 10.5 Å². The zero-order valence-corrected chi connectivity index (χ0v) is 9.21. The van der Waals surface area contributed by atoms with E-state index in [9.17, 15) is 10.1 Å². The van der Waals surface area contributed by atoms with Gasteiger partial charge in [0.1, 0.15) is 0 Å². The first-order valence-electron chi connectivity index (χ1n) is 5.05. The summed E-state index contributed by atoms with van der Waals surface area (Å²) in [4.78, 5) is 10.2. The zero-order valence-electron chi connectivity index (χ0n) is 9.21. The summed E-state index contributed by atoms with van der Waals surface area (Å²) < 4.78 is 5.13. The molecule has 1 aromatic carbocycles. The number of nitrogens with zero attached hydrogens (tertiary/aromatic N) is 2. The van der Waals surface area contributed by atoms with Crippen molar-refractivity contribution in [2.45, 2.75) is 6.54 Å². The Kier molecular flexibility index (Phi) is 3.15. The quantitative estimate of drug-likeness (QED) is 0.645. The molecular formula is C11H11N3O3. The van der Waals surface area contributed by atoms with Crippen LogP contribution < -0.4 is 5.32 Å². The number of benzene rings is 1. The molecule has 1 aromatic heterocycles. The molecule has 0 aliphatic heterocycles. The Morgan fingerprint density at radius 2 is 2.29 bits per heavy atom. The minimum Gasteiger partial charge on any atom is -0.356 e. The van der Waals surface area contributed by atoms with Crippen molar-refractivity contribution in [1.29, 1.82) is 0 Å². The first kappa shape index (κ1) is 11.3. The maximum absolute atomic E-state index is 10.6. The number of rotatable bonds is 4. The predicted octanol–water partition coefficient (Wildman–Crippen LogP) is 1.97. The van der Waals surface area contributed by atoms with Crippen molar-refractivity contribution in [2.75, 3.05) is 7.05 Å². The molecule has 1 N–H and O–H groups in total. The summed E-state index contributed by atoms with van der Waals surface area (Å²) in [7, 11) is 1.81. The number of aromatic nitrogens is 1. The SMILES string of the molecule is CNCc1cc(-c2cccc([N+](=O)[O-])c2)on1. The van der Waals surface area contributed by atoms with Crippen molar-refractivity contribution in [1.82, 2.24) is 10.5 Å². The minimum absolute atomic E-state index is 0.0362. The van der Waals surface area contributed by atoms with E-state index in [1.54, 1.807) is 18.2 Å². The van der Waals surface area contributed by atoms with Gasteiger partial charge in [0.15, 0.2) is 5.76 Å². The minimum atomic E-state index is -0.436. The topological polar surface area (TPSA) is 81.2 Å². The molecule has 0 unspecified atom stereocenters. The molecule has 6 heteroatoms. The van der Waals surface area contributed by atoms with Gasteiger partial charge in [0.2, 0.25) is 0 Å². The maximum Gasteiger partial charge on any atom is 0.270 e. The largest absolute Gasteiger partial charge is 0.356 e. The molecule has 0 aliphatic carbocycles. The summed E-state index contributed by atoms with van der Waals surface area (Å²) in [5.74, 6) is 0.527. The molecule has 0 aliphatic rings. The van der Waals surface area contributed by atoms with E-state index in [1.807, 2.05) is 7.05 Å². The molecule has 6 nitrogen and oxygen atoms in total. The normalized spacial score (nSPS) is 10.4. The lowest BCUT2D eigenvalue weighted by Crippen LogP contribution is -2.04. The van der Waals surface area contributed by atoms with Gasteiger partial charge in [-0.15, -0.1) is 0 Å². The standard InChI is InChI=1S/C11H11N3O3/c1-12-7-9-6-11(17-13-9)8-3-2-4-10(5-8)14(15)16/h2-6,12H,7H2,1H3. The highest BCUT2D eigenvalue weighted by Gasteiger charge is 2.10. The number of nitro benzene ring substituents is 1. The first-order chi connectivity index (χ1) is 8.20. The van der Waals surface area contributed by atoms with Crippen molar-refractivity contribution in [2.24, 2.45) is 0 Å². The molecule has 0 saturated carbocycles. The monoisotopic (exact) mass is 233 g/mol. The summed E-state index contributed by atoms with van der Waals surface area (Å²) in [5, 5.41) is 17.4. The summed E-state index contributed by atoms with van der Waals surface area (Å²) in [6, 6.07) is 8.03. The molecule has 0 radical (unpaired) electrons. The summed E-state index contributed by atoms with van der Waals surface area (Å²) in [6.07, 6.45) is 0. The van der Waals surface area contributed by atoms with E-state index < -0.39 is 4.92 Å². The van der Waals surface area contributed by atoms with Gasteiger partial charge >= 0.3 is 0 Å². The third-order valence-electron chi connectivity index (χ3n) is 2.26. The van der Waals surface area contributed by atoms with E-state index >= 15 is 0 Å². The Morgan fingerprint density at radius 1 is 1.47 bits per heavy atom. The van der Waals surface area contributed by atoms with Crippen LogP contribution in [0.5, 0.6) is 0 Å². The second-order valence-corrected chi connectivity index (χ2v) is 3.52. The van der Waals surface area contributed by atoms with Crippen molar-refractivity contribution in [3.05, 3.63) is 46.1 Å². The highest BCUT2D eigenvalue weighted by molar-refractivity contribution is 5.60. The van der Waals surface area contributed by atoms with Crippen LogP contribution in [0.3, 0.4) is 0 Å². The van der Waals surface area contributed by atoms with Crippen molar-refractivity contribution >= 4 is 5.69 Å². The number of nitrogens with one attached hydrogen (secondary N) is 1. The van der Waals surface area contributed by atoms with E-state index in [1.165, 1.54) is 12.1 Å². The van der Waals surface area contributed by atoms with Gasteiger partial charge in [0, 0.05) is 30.3 Å². The van der Waals surface area contributed by atoms with Crippen LogP contribution in [0.15, 0.2) is 34.9 Å². The van der Waals surface area contributed by atoms with E-state index in [4.69, 9.17) is 4.52 Å². The Morgan fingerprint density at radius 3 is 3.00 bits per heavy atom. The van der Waals surface area contributed by atoms with Gasteiger partial charge in [-0.2, -0.15) is 0 Å². The van der Waals surface area contributed by atoms with Crippen LogP contribution in [0.2, 0.25) is 0 Å². The molecule has 0 spiro atoms. The Bertz CT molecular complexity index is 536. The average molecular weight is 233 g/mol. The van der Waals surface area contributed by atoms with E-state index in [0.717, 1.165) is 5.69 Å². The van der Waals surface area contributed by atoms with Gasteiger partial charge in [-0.25, -0.2) is 0 Å². The predicted molar refractivity (Wildman–Crippen MR) is 61.4 cm³/mol. The lowest BCUT2D eigenvalue weighted by atomic mass is 10.1. The smallest absolute Gasteiger partial charge is 0.270 e. The maximum atomic E-state index is 10.6. The molecular weight excluding hydrogens is 222 g/mol. The lowest BCUT2D eigenvalue weighted by molar-refractivity contribution is -0.384. The van der Waals surface area contributed by atoms with Crippen LogP contribution in [0.25, 0.3) is 11.3 Å². The Balaban J connectivity index is 2.32. The lowest BCUT2D eigenvalue weighted by Gasteiger charge is -1.95. The molecule has 1 heterocycles. The first-order valence-corrected chi connectivity index (χ1v) is 5.05. The highest BCUT2D eigenvalue weighted by Crippen LogP contribution is 2.24. The average Bonchev–Trinajstić information content (AvgIpc) is 2.78. The molecule has 0 saturated heterocycles. The number of hydrogen-bond acceptors (Lipinski definition) is 5. The third-order valence-corrected chi connectivity index (χ3v) is 2.26. The second-order valence-electron chi connectivity index (χ2n) is 3.52. The molecule has 0 atom stereocenters. The molecule has 17 heavy (non-hydrogen) atoms. The van der Waals surface area contributed by atoms with Crippen LogP contribution in [0, 0.1) is 10.1 Å². The van der Waals surface area contributed by atoms with Crippen LogP contribution in [-0.2, 0) is 6.54 Å². The fourth-order valence-corrected chi connectivity index (χ4v) is 1.49. The Labute approximate surface area is 97.4 Å². The fraction of sp³-hybridized carbons (Fsp3) is 0.182. The number of hydrogen-bond donors (Lipinski definition) is 1. The van der Waals surface area contributed by atoms with Gasteiger partial charge in [-0.1, -0.05) is 17.3 Å². The zero-order chi connectivity index (χ0) is 12.3. The molecule has 0 bridgehead atoms. The van der Waals surface area contributed by atoms with Gasteiger partial charge in [0.05, 0.1) is 10.6 Å². The van der Waals surface area contributed by atoms with Crippen LogP contribution in [0.1, 0.15) is 5.69 Å². The molecule has 88 valence electrons. The van der Waals surface area contributed by atoms with E-state index in [0.29, 0.717) is 17.9 Å². The van der Waals surface area contributed by atoms with Gasteiger partial charge in [-0.3, -0.25) is 10.1 Å². The molecule has 2 aromatic rings. The van der Waals surface area contributed by atoms with Gasteiger partial charge in [0.25, 0.3) is 5.69 Å². The third kappa shape index (κ3) is 2.48. The van der Waals surface area contributed by atoms with Crippen LogP contribution in [-0.4, -0.2) is 17.1 Å². The van der Waals surface area contributed by atoms with Crippen LogP contribution in [0.4, 0.5) is 5.69 Å². The van der Waals surface area contributed by atoms with Crippen molar-refractivity contribution in [3.63, 3.8) is 0 Å². The van der Waals surface area contributed by atoms with Crippen LogP contribution >= 0.6 is 0 Å². The molecule has 0 amide bonds. The van der Waals surface area contributed by atoms with E-state index in [-0.39, 0.29) is 5.69 Å². The second kappa shape index (κ2) is 4.75. The summed E-state index contributed by atoms with van der Waals surface area (Å²) in [6.45, 7) is 0.596. The molecule has 0 fully saturated rings. The number of nitro groups is 1.